The van der Waals surface area contributed by atoms with Gasteiger partial charge in [0.2, 0.25) is 11.5 Å². The molecule has 0 radical (unpaired) electrons. The Morgan fingerprint density at radius 2 is 2.07 bits per heavy atom. The summed E-state index contributed by atoms with van der Waals surface area (Å²) in [7, 11) is 1.16. The number of ether oxygens (including phenoxy) is 1. The van der Waals surface area contributed by atoms with Crippen LogP contribution in [0.25, 0.3) is 0 Å². The van der Waals surface area contributed by atoms with Crippen LogP contribution in [0.5, 0.6) is 0 Å². The molecule has 0 aromatic rings. The molecule has 0 aliphatic carbocycles. The Bertz CT molecular complexity index is 780. The minimum atomic E-state index is -1.44. The minimum Gasteiger partial charge on any atom is -0.476 e. The predicted molar refractivity (Wildman–Crippen MR) is 94.7 cm³/mol. The third-order valence-corrected chi connectivity index (χ3v) is 5.24. The van der Waals surface area contributed by atoms with E-state index in [4.69, 9.17) is 4.74 Å². The second-order valence-electron chi connectivity index (χ2n) is 5.21. The first-order valence-electron chi connectivity index (χ1n) is 7.33. The number of carboxylic acids is 1. The molecule has 0 bridgehead atoms. The van der Waals surface area contributed by atoms with Crippen molar-refractivity contribution in [3.05, 3.63) is 11.5 Å². The molecule has 0 saturated carbocycles. The lowest BCUT2D eigenvalue weighted by Gasteiger charge is -2.48. The largest absolute Gasteiger partial charge is 0.476 e. The van der Waals surface area contributed by atoms with Gasteiger partial charge in [-0.1, -0.05) is 21.1 Å². The number of esters is 1. The summed E-state index contributed by atoms with van der Waals surface area (Å²) in [6.07, 6.45) is 0. The summed E-state index contributed by atoms with van der Waals surface area (Å²) in [4.78, 5) is 64.4. The summed E-state index contributed by atoms with van der Waals surface area (Å²) >= 11 is 4.01. The van der Waals surface area contributed by atoms with E-state index in [9.17, 15) is 29.1 Å². The van der Waals surface area contributed by atoms with Crippen LogP contribution in [0.15, 0.2) is 16.6 Å². The SMILES string of the molecule is CON=C(C(=O)CBr)C(=O)NC1C(=O)N2C(C(=O)O)=C(OC(C)=O)CS[C@H]12. The highest BCUT2D eigenvalue weighted by Crippen LogP contribution is 2.40. The highest BCUT2D eigenvalue weighted by Gasteiger charge is 2.55. The monoisotopic (exact) mass is 463 g/mol. The molecule has 2 rings (SSSR count). The number of amides is 2. The molecule has 0 aromatic carbocycles. The molecule has 2 heterocycles. The summed E-state index contributed by atoms with van der Waals surface area (Å²) in [6, 6.07) is -1.07. The first-order valence-corrected chi connectivity index (χ1v) is 9.50. The van der Waals surface area contributed by atoms with Gasteiger partial charge in [-0.2, -0.15) is 0 Å². The molecule has 1 saturated heterocycles. The number of nitrogens with one attached hydrogen (secondary N) is 1. The van der Waals surface area contributed by atoms with Gasteiger partial charge in [-0.25, -0.2) is 4.79 Å². The number of carbonyl (C=O) groups is 5. The molecule has 0 spiro atoms. The van der Waals surface area contributed by atoms with Crippen molar-refractivity contribution in [2.75, 3.05) is 18.2 Å². The lowest BCUT2D eigenvalue weighted by atomic mass is 10.0. The molecule has 27 heavy (non-hydrogen) atoms. The van der Waals surface area contributed by atoms with E-state index in [1.54, 1.807) is 0 Å². The van der Waals surface area contributed by atoms with Gasteiger partial charge < -0.3 is 20.0 Å². The normalized spacial score (nSPS) is 21.8. The summed E-state index contributed by atoms with van der Waals surface area (Å²) in [6.45, 7) is 1.11. The third-order valence-electron chi connectivity index (χ3n) is 3.47. The van der Waals surface area contributed by atoms with Crippen LogP contribution in [-0.2, 0) is 33.5 Å². The van der Waals surface area contributed by atoms with Crippen molar-refractivity contribution in [3.63, 3.8) is 0 Å². The van der Waals surface area contributed by atoms with E-state index in [1.807, 2.05) is 0 Å². The first-order chi connectivity index (χ1) is 12.7. The zero-order chi connectivity index (χ0) is 20.3. The standard InChI is InChI=1S/C14H14BrN3O8S/c1-5(19)26-7-4-27-13-9(12(22)18(13)10(7)14(23)24)16-11(21)8(17-25-2)6(20)3-15/h9,13H,3-4H2,1-2H3,(H,16,21)(H,23,24)/t9?,13-/m1/s1. The molecular weight excluding hydrogens is 450 g/mol. The molecule has 1 unspecified atom stereocenters. The molecule has 2 N–H and O–H groups in total. The van der Waals surface area contributed by atoms with Crippen LogP contribution in [0.3, 0.4) is 0 Å². The van der Waals surface area contributed by atoms with Gasteiger partial charge in [0.05, 0.1) is 11.1 Å². The zero-order valence-corrected chi connectivity index (χ0v) is 16.5. The van der Waals surface area contributed by atoms with E-state index in [0.717, 1.165) is 30.7 Å². The van der Waals surface area contributed by atoms with E-state index in [0.29, 0.717) is 0 Å². The molecule has 2 atom stereocenters. The maximum absolute atomic E-state index is 12.4. The highest BCUT2D eigenvalue weighted by atomic mass is 79.9. The Labute approximate surface area is 165 Å². The maximum Gasteiger partial charge on any atom is 0.356 e. The van der Waals surface area contributed by atoms with Crippen molar-refractivity contribution in [3.8, 4) is 0 Å². The van der Waals surface area contributed by atoms with Gasteiger partial charge in [0, 0.05) is 6.92 Å². The van der Waals surface area contributed by atoms with Crippen LogP contribution < -0.4 is 5.32 Å². The van der Waals surface area contributed by atoms with Crippen LogP contribution >= 0.6 is 27.7 Å². The number of halogens is 1. The number of oxime groups is 1. The van der Waals surface area contributed by atoms with Crippen LogP contribution in [0.1, 0.15) is 6.92 Å². The van der Waals surface area contributed by atoms with E-state index in [1.165, 1.54) is 0 Å². The Hall–Kier alpha value is -2.41. The molecule has 2 aliphatic rings. The van der Waals surface area contributed by atoms with Crippen molar-refractivity contribution >= 4 is 62.9 Å². The number of carbonyl (C=O) groups excluding carboxylic acids is 4. The van der Waals surface area contributed by atoms with Gasteiger partial charge in [-0.05, 0) is 0 Å². The van der Waals surface area contributed by atoms with Gasteiger partial charge in [0.15, 0.2) is 5.70 Å². The lowest BCUT2D eigenvalue weighted by molar-refractivity contribution is -0.151. The minimum absolute atomic E-state index is 0.0153. The fourth-order valence-corrected chi connectivity index (χ4v) is 3.94. The van der Waals surface area contributed by atoms with E-state index in [-0.39, 0.29) is 16.8 Å². The molecule has 2 amide bonds. The number of carboxylic acid groups (broad SMARTS) is 1. The Balaban J connectivity index is 2.21. The van der Waals surface area contributed by atoms with Gasteiger partial charge in [-0.3, -0.25) is 24.1 Å². The van der Waals surface area contributed by atoms with E-state index >= 15 is 0 Å². The van der Waals surface area contributed by atoms with Crippen molar-refractivity contribution < 1.29 is 38.7 Å². The number of thioether (sulfide) groups is 1. The Kier molecular flexibility index (Phi) is 6.59. The number of Topliss-reactive ketones (excluding diaryl/α,β-unsaturated/α-hetero) is 1. The topological polar surface area (TPSA) is 152 Å². The fourth-order valence-electron chi connectivity index (χ4n) is 2.43. The number of fused-ring (bicyclic) bond motifs is 1. The van der Waals surface area contributed by atoms with E-state index < -0.39 is 52.4 Å². The smallest absolute Gasteiger partial charge is 0.356 e. The molecule has 0 aromatic heterocycles. The van der Waals surface area contributed by atoms with Crippen molar-refractivity contribution in [1.29, 1.82) is 0 Å². The number of ketones is 1. The first kappa shape index (κ1) is 20.9. The number of hydrogen-bond acceptors (Lipinski definition) is 9. The second kappa shape index (κ2) is 8.52. The van der Waals surface area contributed by atoms with Crippen LogP contribution in [0, 0.1) is 0 Å². The van der Waals surface area contributed by atoms with Crippen molar-refractivity contribution in [1.82, 2.24) is 10.2 Å². The number of rotatable bonds is 7. The average molecular weight is 464 g/mol. The van der Waals surface area contributed by atoms with Crippen LogP contribution in [-0.4, -0.2) is 74.9 Å². The van der Waals surface area contributed by atoms with Crippen molar-refractivity contribution in [2.45, 2.75) is 18.3 Å². The van der Waals surface area contributed by atoms with Crippen LogP contribution in [0.4, 0.5) is 0 Å². The predicted octanol–water partition coefficient (Wildman–Crippen LogP) is -0.788. The number of alkyl halides is 1. The number of nitrogens with zero attached hydrogens (tertiary/aromatic N) is 2. The number of β-lactam (4-membered cyclic amide) rings is 1. The zero-order valence-electron chi connectivity index (χ0n) is 14.1. The average Bonchev–Trinajstić information content (AvgIpc) is 2.62. The van der Waals surface area contributed by atoms with Crippen molar-refractivity contribution in [2.24, 2.45) is 5.16 Å². The van der Waals surface area contributed by atoms with Gasteiger partial charge >= 0.3 is 11.9 Å². The second-order valence-corrected chi connectivity index (χ2v) is 6.88. The molecule has 2 aliphatic heterocycles. The summed E-state index contributed by atoms with van der Waals surface area (Å²) in [5, 5.41) is 14.2. The quantitative estimate of drug-likeness (QED) is 0.123. The number of hydrogen-bond donors (Lipinski definition) is 2. The number of aliphatic carboxylic acids is 1. The summed E-state index contributed by atoms with van der Waals surface area (Å²) in [5.74, 6) is -4.58. The van der Waals surface area contributed by atoms with Gasteiger partial charge in [0.1, 0.15) is 24.3 Å². The lowest BCUT2D eigenvalue weighted by Crippen LogP contribution is -2.71. The summed E-state index contributed by atoms with van der Waals surface area (Å²) in [5.41, 5.74) is -0.984. The Morgan fingerprint density at radius 1 is 1.41 bits per heavy atom. The van der Waals surface area contributed by atoms with Gasteiger partial charge in [-0.15, -0.1) is 11.8 Å². The molecule has 13 heteroatoms. The third kappa shape index (κ3) is 4.13. The molecular formula is C14H14BrN3O8S. The molecule has 146 valence electrons. The van der Waals surface area contributed by atoms with E-state index in [2.05, 4.69) is 31.2 Å². The Morgan fingerprint density at radius 3 is 2.59 bits per heavy atom. The van der Waals surface area contributed by atoms with Crippen LogP contribution in [0.2, 0.25) is 0 Å². The molecule has 11 nitrogen and oxygen atoms in total. The summed E-state index contributed by atoms with van der Waals surface area (Å²) < 4.78 is 4.87. The highest BCUT2D eigenvalue weighted by molar-refractivity contribution is 9.09. The molecule has 1 fully saturated rings. The maximum atomic E-state index is 12.4. The fraction of sp³-hybridized carbons (Fsp3) is 0.429. The van der Waals surface area contributed by atoms with Gasteiger partial charge in [0.25, 0.3) is 11.8 Å².